The van der Waals surface area contributed by atoms with E-state index in [1.807, 2.05) is 12.1 Å². The summed E-state index contributed by atoms with van der Waals surface area (Å²) in [7, 11) is 1.69. The first kappa shape index (κ1) is 15.9. The van der Waals surface area contributed by atoms with E-state index < -0.39 is 0 Å². The number of hydrogen-bond donors (Lipinski definition) is 1. The summed E-state index contributed by atoms with van der Waals surface area (Å²) in [5.74, 6) is 0.896. The number of benzene rings is 2. The van der Waals surface area contributed by atoms with Crippen molar-refractivity contribution >= 4 is 11.8 Å². The van der Waals surface area contributed by atoms with Gasteiger partial charge >= 0.3 is 0 Å². The van der Waals surface area contributed by atoms with Gasteiger partial charge in [0.2, 0.25) is 0 Å². The van der Waals surface area contributed by atoms with Crippen LogP contribution >= 0.6 is 11.8 Å². The average molecular weight is 301 g/mol. The van der Waals surface area contributed by atoms with Gasteiger partial charge < -0.3 is 10.1 Å². The van der Waals surface area contributed by atoms with Crippen LogP contribution in [-0.2, 0) is 6.54 Å². The fourth-order valence-electron chi connectivity index (χ4n) is 2.11. The van der Waals surface area contributed by atoms with Crippen LogP contribution in [0.25, 0.3) is 0 Å². The molecule has 0 amide bonds. The minimum absolute atomic E-state index is 0.896. The maximum atomic E-state index is 5.18. The minimum atomic E-state index is 0.896. The first-order valence-electron chi connectivity index (χ1n) is 7.35. The molecule has 1 N–H and O–H groups in total. The van der Waals surface area contributed by atoms with Gasteiger partial charge in [0.25, 0.3) is 0 Å². The Bertz CT molecular complexity index is 566. The van der Waals surface area contributed by atoms with Crippen molar-refractivity contribution in [2.45, 2.75) is 36.6 Å². The van der Waals surface area contributed by atoms with E-state index in [2.05, 4.69) is 49.5 Å². The normalized spacial score (nSPS) is 10.6. The summed E-state index contributed by atoms with van der Waals surface area (Å²) in [5.41, 5.74) is 2.72. The van der Waals surface area contributed by atoms with Gasteiger partial charge in [-0.05, 0) is 67.4 Å². The Kier molecular flexibility index (Phi) is 6.15. The molecule has 0 bridgehead atoms. The summed E-state index contributed by atoms with van der Waals surface area (Å²) < 4.78 is 5.18. The lowest BCUT2D eigenvalue weighted by molar-refractivity contribution is 0.414. The second kappa shape index (κ2) is 8.11. The number of hydrogen-bond acceptors (Lipinski definition) is 3. The standard InChI is InChI=1S/C18H23NOS/c1-4-11-19-13-15-5-8-18(12-14(15)2)21-17-9-6-16(20-3)7-10-17/h5-10,12,19H,4,11,13H2,1-3H3. The van der Waals surface area contributed by atoms with Crippen LogP contribution in [0, 0.1) is 6.92 Å². The molecule has 2 rings (SSSR count). The van der Waals surface area contributed by atoms with Gasteiger partial charge in [0.05, 0.1) is 7.11 Å². The van der Waals surface area contributed by atoms with Gasteiger partial charge in [-0.2, -0.15) is 0 Å². The molecule has 0 fully saturated rings. The molecule has 0 aromatic heterocycles. The molecular formula is C18H23NOS. The molecule has 112 valence electrons. The number of nitrogens with one attached hydrogen (secondary N) is 1. The summed E-state index contributed by atoms with van der Waals surface area (Å²) in [5, 5.41) is 3.45. The molecule has 0 saturated heterocycles. The highest BCUT2D eigenvalue weighted by molar-refractivity contribution is 7.99. The van der Waals surface area contributed by atoms with E-state index >= 15 is 0 Å². The summed E-state index contributed by atoms with van der Waals surface area (Å²) in [4.78, 5) is 2.50. The highest BCUT2D eigenvalue weighted by atomic mass is 32.2. The Hall–Kier alpha value is -1.45. The molecule has 0 aliphatic heterocycles. The number of aryl methyl sites for hydroxylation is 1. The molecule has 0 radical (unpaired) electrons. The van der Waals surface area contributed by atoms with E-state index in [4.69, 9.17) is 4.74 Å². The van der Waals surface area contributed by atoms with Gasteiger partial charge in [-0.15, -0.1) is 0 Å². The van der Waals surface area contributed by atoms with Gasteiger partial charge in [-0.3, -0.25) is 0 Å². The van der Waals surface area contributed by atoms with E-state index in [-0.39, 0.29) is 0 Å². The molecule has 2 aromatic rings. The third kappa shape index (κ3) is 4.80. The van der Waals surface area contributed by atoms with Crippen molar-refractivity contribution in [3.63, 3.8) is 0 Å². The lowest BCUT2D eigenvalue weighted by atomic mass is 10.1. The molecule has 0 saturated carbocycles. The zero-order chi connectivity index (χ0) is 15.1. The Morgan fingerprint density at radius 3 is 2.38 bits per heavy atom. The topological polar surface area (TPSA) is 21.3 Å². The largest absolute Gasteiger partial charge is 0.497 e. The molecule has 3 heteroatoms. The predicted octanol–water partition coefficient (Wildman–Crippen LogP) is 4.65. The van der Waals surface area contributed by atoms with Crippen molar-refractivity contribution in [3.05, 3.63) is 53.6 Å². The van der Waals surface area contributed by atoms with Gasteiger partial charge in [-0.25, -0.2) is 0 Å². The SMILES string of the molecule is CCCNCc1ccc(Sc2ccc(OC)cc2)cc1C. The highest BCUT2D eigenvalue weighted by Crippen LogP contribution is 2.30. The number of ether oxygens (including phenoxy) is 1. The fourth-order valence-corrected chi connectivity index (χ4v) is 3.03. The van der Waals surface area contributed by atoms with E-state index in [1.165, 1.54) is 27.3 Å². The second-order valence-corrected chi connectivity index (χ2v) is 6.19. The first-order chi connectivity index (χ1) is 10.2. The van der Waals surface area contributed by atoms with Crippen LogP contribution in [-0.4, -0.2) is 13.7 Å². The van der Waals surface area contributed by atoms with Crippen LogP contribution in [0.5, 0.6) is 5.75 Å². The zero-order valence-electron chi connectivity index (χ0n) is 13.0. The quantitative estimate of drug-likeness (QED) is 0.752. The molecule has 0 spiro atoms. The van der Waals surface area contributed by atoms with Crippen molar-refractivity contribution in [3.8, 4) is 5.75 Å². The van der Waals surface area contributed by atoms with Gasteiger partial charge in [0.15, 0.2) is 0 Å². The Morgan fingerprint density at radius 1 is 1.05 bits per heavy atom. The molecule has 0 aliphatic carbocycles. The van der Waals surface area contributed by atoms with Gasteiger partial charge in [0, 0.05) is 16.3 Å². The van der Waals surface area contributed by atoms with Crippen molar-refractivity contribution < 1.29 is 4.74 Å². The summed E-state index contributed by atoms with van der Waals surface area (Å²) in [6.45, 7) is 6.39. The lowest BCUT2D eigenvalue weighted by Gasteiger charge is -2.09. The molecule has 2 nitrogen and oxygen atoms in total. The van der Waals surface area contributed by atoms with Crippen LogP contribution in [0.15, 0.2) is 52.3 Å². The molecule has 0 heterocycles. The fraction of sp³-hybridized carbons (Fsp3) is 0.333. The lowest BCUT2D eigenvalue weighted by Crippen LogP contribution is -2.14. The predicted molar refractivity (Wildman–Crippen MR) is 90.3 cm³/mol. The van der Waals surface area contributed by atoms with Gasteiger partial charge in [0.1, 0.15) is 5.75 Å². The molecule has 2 aromatic carbocycles. The van der Waals surface area contributed by atoms with Crippen molar-refractivity contribution in [1.82, 2.24) is 5.32 Å². The van der Waals surface area contributed by atoms with Gasteiger partial charge in [-0.1, -0.05) is 24.8 Å². The molecule has 0 atom stereocenters. The molecule has 0 unspecified atom stereocenters. The van der Waals surface area contributed by atoms with E-state index in [1.54, 1.807) is 18.9 Å². The Morgan fingerprint density at radius 2 is 1.76 bits per heavy atom. The van der Waals surface area contributed by atoms with Crippen LogP contribution < -0.4 is 10.1 Å². The second-order valence-electron chi connectivity index (χ2n) is 5.04. The number of rotatable bonds is 7. The third-order valence-corrected chi connectivity index (χ3v) is 4.35. The highest BCUT2D eigenvalue weighted by Gasteiger charge is 2.02. The molecule has 21 heavy (non-hydrogen) atoms. The van der Waals surface area contributed by atoms with Crippen LogP contribution in [0.3, 0.4) is 0 Å². The Labute approximate surface area is 131 Å². The van der Waals surface area contributed by atoms with E-state index in [9.17, 15) is 0 Å². The smallest absolute Gasteiger partial charge is 0.118 e. The van der Waals surface area contributed by atoms with Crippen molar-refractivity contribution in [1.29, 1.82) is 0 Å². The van der Waals surface area contributed by atoms with E-state index in [0.29, 0.717) is 0 Å². The van der Waals surface area contributed by atoms with Crippen LogP contribution in [0.2, 0.25) is 0 Å². The monoisotopic (exact) mass is 301 g/mol. The summed E-state index contributed by atoms with van der Waals surface area (Å²) >= 11 is 1.78. The van der Waals surface area contributed by atoms with Crippen molar-refractivity contribution in [2.75, 3.05) is 13.7 Å². The van der Waals surface area contributed by atoms with Crippen molar-refractivity contribution in [2.24, 2.45) is 0 Å². The molecule has 0 aliphatic rings. The summed E-state index contributed by atoms with van der Waals surface area (Å²) in [6.07, 6.45) is 1.17. The van der Waals surface area contributed by atoms with Crippen LogP contribution in [0.4, 0.5) is 0 Å². The summed E-state index contributed by atoms with van der Waals surface area (Å²) in [6, 6.07) is 14.9. The zero-order valence-corrected chi connectivity index (χ0v) is 13.8. The maximum Gasteiger partial charge on any atom is 0.118 e. The first-order valence-corrected chi connectivity index (χ1v) is 8.16. The molecular weight excluding hydrogens is 278 g/mol. The van der Waals surface area contributed by atoms with E-state index in [0.717, 1.165) is 18.8 Å². The Balaban J connectivity index is 2.01. The van der Waals surface area contributed by atoms with Crippen LogP contribution in [0.1, 0.15) is 24.5 Å². The third-order valence-electron chi connectivity index (χ3n) is 3.35. The number of methoxy groups -OCH3 is 1. The minimum Gasteiger partial charge on any atom is -0.497 e. The maximum absolute atomic E-state index is 5.18. The average Bonchev–Trinajstić information content (AvgIpc) is 2.50.